The fraction of sp³-hybridized carbons (Fsp3) is 0.737. The molecule has 2 N–H and O–H groups in total. The van der Waals surface area contributed by atoms with Gasteiger partial charge in [-0.05, 0) is 72.0 Å². The lowest BCUT2D eigenvalue weighted by atomic mass is 10.0. The molecule has 2 fully saturated rings. The van der Waals surface area contributed by atoms with E-state index < -0.39 is 0 Å². The molecule has 1 atom stereocenters. The number of hydrogen-bond acceptors (Lipinski definition) is 5. The first-order valence-corrected chi connectivity index (χ1v) is 10.2. The minimum atomic E-state index is -0.0964. The van der Waals surface area contributed by atoms with Crippen molar-refractivity contribution in [2.75, 3.05) is 34.8 Å². The van der Waals surface area contributed by atoms with Gasteiger partial charge in [0.15, 0.2) is 5.11 Å². The Bertz CT molecular complexity index is 635. The van der Waals surface area contributed by atoms with Crippen LogP contribution < -0.4 is 20.4 Å². The zero-order valence-corrected chi connectivity index (χ0v) is 17.3. The first-order valence-electron chi connectivity index (χ1n) is 9.82. The van der Waals surface area contributed by atoms with Crippen molar-refractivity contribution >= 4 is 34.9 Å². The van der Waals surface area contributed by atoms with Crippen LogP contribution in [0.1, 0.15) is 59.8 Å². The van der Waals surface area contributed by atoms with Crippen molar-refractivity contribution in [2.45, 2.75) is 71.4 Å². The second kappa shape index (κ2) is 7.94. The van der Waals surface area contributed by atoms with E-state index in [0.717, 1.165) is 31.3 Å². The number of rotatable bonds is 3. The van der Waals surface area contributed by atoms with Gasteiger partial charge in [-0.15, -0.1) is 0 Å². The highest BCUT2D eigenvalue weighted by Crippen LogP contribution is 2.28. The molecule has 0 amide bonds. The number of anilines is 3. The van der Waals surface area contributed by atoms with Gasteiger partial charge in [-0.2, -0.15) is 9.97 Å². The quantitative estimate of drug-likeness (QED) is 0.783. The molecule has 3 rings (SSSR count). The highest BCUT2D eigenvalue weighted by Gasteiger charge is 2.23. The third-order valence-electron chi connectivity index (χ3n) is 4.94. The van der Waals surface area contributed by atoms with Crippen molar-refractivity contribution in [3.8, 4) is 0 Å². The van der Waals surface area contributed by atoms with Crippen molar-refractivity contribution in [1.82, 2.24) is 15.3 Å². The van der Waals surface area contributed by atoms with E-state index >= 15 is 0 Å². The maximum absolute atomic E-state index is 5.46. The topological polar surface area (TPSA) is 56.3 Å². The van der Waals surface area contributed by atoms with Crippen molar-refractivity contribution < 1.29 is 0 Å². The monoisotopic (exact) mass is 376 g/mol. The number of aromatic nitrogens is 2. The van der Waals surface area contributed by atoms with Crippen LogP contribution in [-0.4, -0.2) is 46.3 Å². The van der Waals surface area contributed by atoms with Crippen LogP contribution in [0.25, 0.3) is 0 Å². The number of hydrogen-bond donors (Lipinski definition) is 2. The second-order valence-electron chi connectivity index (χ2n) is 8.47. The Labute approximate surface area is 162 Å². The molecule has 0 saturated carbocycles. The SMILES string of the molecule is CC1CCCCN1c1cc(N2CCCC2)nc(NC(=S)NC(C)(C)C)n1. The van der Waals surface area contributed by atoms with Gasteiger partial charge >= 0.3 is 0 Å². The van der Waals surface area contributed by atoms with Crippen LogP contribution in [0, 0.1) is 0 Å². The number of thiocarbonyl (C=S) groups is 1. The summed E-state index contributed by atoms with van der Waals surface area (Å²) in [5.74, 6) is 2.60. The van der Waals surface area contributed by atoms with Gasteiger partial charge in [0.1, 0.15) is 11.6 Å². The summed E-state index contributed by atoms with van der Waals surface area (Å²) in [6, 6.07) is 2.66. The molecule has 0 bridgehead atoms. The summed E-state index contributed by atoms with van der Waals surface area (Å²) in [5.41, 5.74) is -0.0964. The predicted octanol–water partition coefficient (Wildman–Crippen LogP) is 3.54. The Hall–Kier alpha value is -1.63. The molecule has 0 aromatic carbocycles. The van der Waals surface area contributed by atoms with Gasteiger partial charge in [0.2, 0.25) is 5.95 Å². The average molecular weight is 377 g/mol. The molecule has 1 aromatic rings. The third kappa shape index (κ3) is 4.96. The maximum atomic E-state index is 5.46. The Kier molecular flexibility index (Phi) is 5.85. The molecule has 0 radical (unpaired) electrons. The fourth-order valence-electron chi connectivity index (χ4n) is 3.65. The largest absolute Gasteiger partial charge is 0.358 e. The molecule has 144 valence electrons. The lowest BCUT2D eigenvalue weighted by Gasteiger charge is -2.35. The van der Waals surface area contributed by atoms with E-state index in [0.29, 0.717) is 17.1 Å². The highest BCUT2D eigenvalue weighted by atomic mass is 32.1. The van der Waals surface area contributed by atoms with Crippen molar-refractivity contribution in [2.24, 2.45) is 0 Å². The van der Waals surface area contributed by atoms with Crippen molar-refractivity contribution in [1.29, 1.82) is 0 Å². The molecule has 0 aliphatic carbocycles. The van der Waals surface area contributed by atoms with Crippen LogP contribution in [0.3, 0.4) is 0 Å². The Morgan fingerprint density at radius 3 is 2.38 bits per heavy atom. The van der Waals surface area contributed by atoms with Gasteiger partial charge in [0, 0.05) is 37.3 Å². The van der Waals surface area contributed by atoms with E-state index in [1.54, 1.807) is 0 Å². The molecular formula is C19H32N6S. The lowest BCUT2D eigenvalue weighted by Crippen LogP contribution is -2.43. The minimum absolute atomic E-state index is 0.0964. The zero-order chi connectivity index (χ0) is 18.7. The molecule has 26 heavy (non-hydrogen) atoms. The Balaban J connectivity index is 1.86. The van der Waals surface area contributed by atoms with E-state index in [-0.39, 0.29) is 5.54 Å². The number of nitrogens with one attached hydrogen (secondary N) is 2. The van der Waals surface area contributed by atoms with E-state index in [1.807, 2.05) is 0 Å². The van der Waals surface area contributed by atoms with Gasteiger partial charge in [-0.25, -0.2) is 0 Å². The zero-order valence-electron chi connectivity index (χ0n) is 16.5. The first kappa shape index (κ1) is 19.1. The van der Waals surface area contributed by atoms with E-state index in [4.69, 9.17) is 22.2 Å². The summed E-state index contributed by atoms with van der Waals surface area (Å²) in [6.07, 6.45) is 6.20. The smallest absolute Gasteiger partial charge is 0.232 e. The fourth-order valence-corrected chi connectivity index (χ4v) is 4.04. The van der Waals surface area contributed by atoms with Crippen LogP contribution in [-0.2, 0) is 0 Å². The van der Waals surface area contributed by atoms with Crippen molar-refractivity contribution in [3.63, 3.8) is 0 Å². The molecule has 2 aliphatic rings. The predicted molar refractivity (Wildman–Crippen MR) is 113 cm³/mol. The minimum Gasteiger partial charge on any atom is -0.358 e. The average Bonchev–Trinajstić information content (AvgIpc) is 3.07. The third-order valence-corrected chi connectivity index (χ3v) is 5.14. The van der Waals surface area contributed by atoms with Gasteiger partial charge in [0.05, 0.1) is 0 Å². The first-order chi connectivity index (χ1) is 12.3. The number of piperidine rings is 1. The van der Waals surface area contributed by atoms with E-state index in [9.17, 15) is 0 Å². The molecule has 2 aliphatic heterocycles. The lowest BCUT2D eigenvalue weighted by molar-refractivity contribution is 0.481. The molecule has 1 aromatic heterocycles. The van der Waals surface area contributed by atoms with Gasteiger partial charge in [-0.1, -0.05) is 0 Å². The van der Waals surface area contributed by atoms with Crippen LogP contribution in [0.5, 0.6) is 0 Å². The molecule has 3 heterocycles. The normalized spacial score (nSPS) is 21.0. The van der Waals surface area contributed by atoms with Gasteiger partial charge in [-0.3, -0.25) is 0 Å². The Morgan fingerprint density at radius 1 is 1.08 bits per heavy atom. The van der Waals surface area contributed by atoms with Crippen molar-refractivity contribution in [3.05, 3.63) is 6.07 Å². The molecule has 7 heteroatoms. The molecular weight excluding hydrogens is 344 g/mol. The summed E-state index contributed by atoms with van der Waals surface area (Å²) < 4.78 is 0. The van der Waals surface area contributed by atoms with Crippen LogP contribution in [0.15, 0.2) is 6.07 Å². The summed E-state index contributed by atoms with van der Waals surface area (Å²) in [7, 11) is 0. The standard InChI is InChI=1S/C19H32N6S/c1-14-9-5-6-12-25(14)16-13-15(24-10-7-8-11-24)20-17(21-16)22-18(26)23-19(2,3)4/h13-14H,5-12H2,1-4H3,(H2,20,21,22,23,26). The molecule has 6 nitrogen and oxygen atoms in total. The summed E-state index contributed by atoms with van der Waals surface area (Å²) in [4.78, 5) is 14.3. The number of nitrogens with zero attached hydrogens (tertiary/aromatic N) is 4. The summed E-state index contributed by atoms with van der Waals surface area (Å²) >= 11 is 5.46. The second-order valence-corrected chi connectivity index (χ2v) is 8.88. The maximum Gasteiger partial charge on any atom is 0.232 e. The van der Waals surface area contributed by atoms with E-state index in [1.165, 1.54) is 32.1 Å². The van der Waals surface area contributed by atoms with Crippen LogP contribution in [0.4, 0.5) is 17.6 Å². The Morgan fingerprint density at radius 2 is 1.73 bits per heavy atom. The van der Waals surface area contributed by atoms with Gasteiger partial charge < -0.3 is 20.4 Å². The van der Waals surface area contributed by atoms with Gasteiger partial charge in [0.25, 0.3) is 0 Å². The summed E-state index contributed by atoms with van der Waals surface area (Å²) in [5, 5.41) is 7.04. The summed E-state index contributed by atoms with van der Waals surface area (Å²) in [6.45, 7) is 11.7. The molecule has 1 unspecified atom stereocenters. The molecule has 2 saturated heterocycles. The van der Waals surface area contributed by atoms with Crippen LogP contribution in [0.2, 0.25) is 0 Å². The van der Waals surface area contributed by atoms with E-state index in [2.05, 4.69) is 54.2 Å². The van der Waals surface area contributed by atoms with Crippen LogP contribution >= 0.6 is 12.2 Å². The highest BCUT2D eigenvalue weighted by molar-refractivity contribution is 7.80. The molecule has 0 spiro atoms.